The maximum Gasteiger partial charge on any atom is 0.313 e. The molecular formula is C20H22FNO4S. The number of halogens is 1. The Kier molecular flexibility index (Phi) is 5.62. The average molecular weight is 391 g/mol. The number of carbonyl (C=O) groups is 2. The largest absolute Gasteiger partial charge is 0.481 e. The first-order valence-corrected chi connectivity index (χ1v) is 9.56. The lowest BCUT2D eigenvalue weighted by atomic mass is 9.80. The number of hydrogen-bond donors (Lipinski definition) is 1. The summed E-state index contributed by atoms with van der Waals surface area (Å²) in [5.41, 5.74) is 0.735. The van der Waals surface area contributed by atoms with Crippen LogP contribution in [0.4, 0.5) is 4.39 Å². The summed E-state index contributed by atoms with van der Waals surface area (Å²) in [5, 5.41) is 9.66. The molecule has 144 valence electrons. The molecule has 5 nitrogen and oxygen atoms in total. The Morgan fingerprint density at radius 2 is 2.04 bits per heavy atom. The Labute approximate surface area is 161 Å². The number of benzene rings is 1. The predicted molar refractivity (Wildman–Crippen MR) is 102 cm³/mol. The molecule has 1 aromatic carbocycles. The molecule has 1 aliphatic heterocycles. The van der Waals surface area contributed by atoms with Gasteiger partial charge in [0, 0.05) is 25.1 Å². The van der Waals surface area contributed by atoms with Crippen LogP contribution in [0, 0.1) is 18.2 Å². The molecule has 27 heavy (non-hydrogen) atoms. The second-order valence-electron chi connectivity index (χ2n) is 6.98. The van der Waals surface area contributed by atoms with Crippen molar-refractivity contribution in [2.24, 2.45) is 5.41 Å². The van der Waals surface area contributed by atoms with E-state index in [2.05, 4.69) is 0 Å². The molecule has 1 unspecified atom stereocenters. The van der Waals surface area contributed by atoms with Crippen LogP contribution in [0.15, 0.2) is 30.3 Å². The van der Waals surface area contributed by atoms with Crippen molar-refractivity contribution in [1.29, 1.82) is 0 Å². The fourth-order valence-corrected chi connectivity index (χ4v) is 4.71. The Bertz CT molecular complexity index is 844. The van der Waals surface area contributed by atoms with Crippen molar-refractivity contribution in [2.45, 2.75) is 19.8 Å². The number of aliphatic carboxylic acids is 1. The fourth-order valence-electron chi connectivity index (χ4n) is 3.57. The lowest BCUT2D eigenvalue weighted by Gasteiger charge is -2.39. The van der Waals surface area contributed by atoms with Gasteiger partial charge in [-0.25, -0.2) is 4.39 Å². The number of thiophene rings is 1. The van der Waals surface area contributed by atoms with Crippen molar-refractivity contribution in [3.05, 3.63) is 46.6 Å². The Morgan fingerprint density at radius 1 is 1.33 bits per heavy atom. The van der Waals surface area contributed by atoms with Gasteiger partial charge in [-0.3, -0.25) is 9.59 Å². The lowest BCUT2D eigenvalue weighted by Crippen LogP contribution is -2.52. The molecule has 1 saturated heterocycles. The number of hydrogen-bond acceptors (Lipinski definition) is 4. The molecule has 1 amide bonds. The quantitative estimate of drug-likeness (QED) is 0.842. The molecule has 0 radical (unpaired) electrons. The van der Waals surface area contributed by atoms with Crippen LogP contribution in [0.3, 0.4) is 0 Å². The van der Waals surface area contributed by atoms with E-state index in [9.17, 15) is 19.1 Å². The van der Waals surface area contributed by atoms with Crippen LogP contribution in [0.1, 0.15) is 28.1 Å². The van der Waals surface area contributed by atoms with E-state index < -0.39 is 11.4 Å². The van der Waals surface area contributed by atoms with Gasteiger partial charge >= 0.3 is 5.97 Å². The summed E-state index contributed by atoms with van der Waals surface area (Å²) in [6.45, 7) is 2.66. The summed E-state index contributed by atoms with van der Waals surface area (Å²) in [6.07, 6.45) is 1.11. The SMILES string of the molecule is COCC1(C(=O)O)CCCN(C(=O)c2cc(C)c(-c3ccc(F)cc3)s2)C1. The van der Waals surface area contributed by atoms with Gasteiger partial charge in [-0.05, 0) is 49.1 Å². The molecule has 1 atom stereocenters. The fraction of sp³-hybridized carbons (Fsp3) is 0.400. The number of methoxy groups -OCH3 is 1. The highest BCUT2D eigenvalue weighted by Gasteiger charge is 2.44. The Hall–Kier alpha value is -2.25. The van der Waals surface area contributed by atoms with Crippen LogP contribution in [0.5, 0.6) is 0 Å². The molecule has 3 rings (SSSR count). The van der Waals surface area contributed by atoms with Gasteiger partial charge in [-0.1, -0.05) is 12.1 Å². The number of nitrogens with zero attached hydrogens (tertiary/aromatic N) is 1. The molecule has 1 aromatic heterocycles. The average Bonchev–Trinajstić information content (AvgIpc) is 3.04. The minimum atomic E-state index is -1.06. The van der Waals surface area contributed by atoms with Crippen LogP contribution in [0.2, 0.25) is 0 Å². The predicted octanol–water partition coefficient (Wildman–Crippen LogP) is 3.82. The molecule has 0 bridgehead atoms. The van der Waals surface area contributed by atoms with Crippen molar-refractivity contribution in [3.8, 4) is 10.4 Å². The number of aryl methyl sites for hydroxylation is 1. The number of carboxylic acids is 1. The van der Waals surface area contributed by atoms with Gasteiger partial charge in [0.25, 0.3) is 5.91 Å². The topological polar surface area (TPSA) is 66.8 Å². The lowest BCUT2D eigenvalue weighted by molar-refractivity contribution is -0.155. The first kappa shape index (κ1) is 19.5. The normalized spacial score (nSPS) is 19.9. The standard InChI is InChI=1S/C20H22FNO4S/c1-13-10-16(27-17(13)14-4-6-15(21)7-5-14)18(23)22-9-3-8-20(11-22,12-26-2)19(24)25/h4-7,10H,3,8-9,11-12H2,1-2H3,(H,24,25). The summed E-state index contributed by atoms with van der Waals surface area (Å²) in [5.74, 6) is -1.41. The zero-order valence-electron chi connectivity index (χ0n) is 15.3. The Morgan fingerprint density at radius 3 is 2.67 bits per heavy atom. The number of carboxylic acid groups (broad SMARTS) is 1. The summed E-state index contributed by atoms with van der Waals surface area (Å²) in [7, 11) is 1.48. The van der Waals surface area contributed by atoms with Crippen LogP contribution in [-0.4, -0.2) is 48.7 Å². The van der Waals surface area contributed by atoms with Crippen LogP contribution < -0.4 is 0 Å². The molecule has 1 aliphatic rings. The number of rotatable bonds is 5. The highest BCUT2D eigenvalue weighted by atomic mass is 32.1. The van der Waals surface area contributed by atoms with E-state index in [0.29, 0.717) is 24.3 Å². The number of likely N-dealkylation sites (tertiary alicyclic amines) is 1. The van der Waals surface area contributed by atoms with E-state index in [4.69, 9.17) is 4.74 Å². The second kappa shape index (κ2) is 7.78. The summed E-state index contributed by atoms with van der Waals surface area (Å²) in [4.78, 5) is 27.9. The van der Waals surface area contributed by atoms with Gasteiger partial charge < -0.3 is 14.7 Å². The number of piperidine rings is 1. The van der Waals surface area contributed by atoms with Crippen molar-refractivity contribution in [2.75, 3.05) is 26.8 Å². The van der Waals surface area contributed by atoms with Crippen LogP contribution in [-0.2, 0) is 9.53 Å². The third-order valence-electron chi connectivity index (χ3n) is 4.97. The minimum Gasteiger partial charge on any atom is -0.481 e. The highest BCUT2D eigenvalue weighted by molar-refractivity contribution is 7.17. The number of amides is 1. The molecular weight excluding hydrogens is 369 g/mol. The van der Waals surface area contributed by atoms with Gasteiger partial charge in [-0.15, -0.1) is 11.3 Å². The zero-order chi connectivity index (χ0) is 19.6. The summed E-state index contributed by atoms with van der Waals surface area (Å²) < 4.78 is 18.3. The van der Waals surface area contributed by atoms with Gasteiger partial charge in [0.05, 0.1) is 11.5 Å². The smallest absolute Gasteiger partial charge is 0.313 e. The second-order valence-corrected chi connectivity index (χ2v) is 8.03. The molecule has 2 aromatic rings. The van der Waals surface area contributed by atoms with E-state index in [-0.39, 0.29) is 24.9 Å². The van der Waals surface area contributed by atoms with Gasteiger partial charge in [0.1, 0.15) is 11.2 Å². The van der Waals surface area contributed by atoms with Crippen molar-refractivity contribution in [1.82, 2.24) is 4.90 Å². The van der Waals surface area contributed by atoms with E-state index in [1.54, 1.807) is 17.0 Å². The van der Waals surface area contributed by atoms with Gasteiger partial charge in [-0.2, -0.15) is 0 Å². The Balaban J connectivity index is 1.84. The molecule has 0 spiro atoms. The third-order valence-corrected chi connectivity index (χ3v) is 6.25. The molecule has 7 heteroatoms. The highest BCUT2D eigenvalue weighted by Crippen LogP contribution is 2.36. The zero-order valence-corrected chi connectivity index (χ0v) is 16.1. The van der Waals surface area contributed by atoms with Crippen molar-refractivity contribution in [3.63, 3.8) is 0 Å². The van der Waals surface area contributed by atoms with Crippen molar-refractivity contribution < 1.29 is 23.8 Å². The van der Waals surface area contributed by atoms with E-state index in [1.165, 1.54) is 30.6 Å². The molecule has 0 saturated carbocycles. The maximum atomic E-state index is 13.2. The minimum absolute atomic E-state index is 0.0798. The third kappa shape index (κ3) is 3.89. The van der Waals surface area contributed by atoms with Gasteiger partial charge in [0.15, 0.2) is 0 Å². The first-order valence-electron chi connectivity index (χ1n) is 8.74. The maximum absolute atomic E-state index is 13.2. The van der Waals surface area contributed by atoms with E-state index in [1.807, 2.05) is 13.0 Å². The van der Waals surface area contributed by atoms with Crippen LogP contribution >= 0.6 is 11.3 Å². The van der Waals surface area contributed by atoms with Crippen LogP contribution in [0.25, 0.3) is 10.4 Å². The molecule has 1 fully saturated rings. The molecule has 2 heterocycles. The summed E-state index contributed by atoms with van der Waals surface area (Å²) >= 11 is 1.35. The van der Waals surface area contributed by atoms with E-state index >= 15 is 0 Å². The van der Waals surface area contributed by atoms with Crippen molar-refractivity contribution >= 4 is 23.2 Å². The summed E-state index contributed by atoms with van der Waals surface area (Å²) in [6, 6.07) is 7.99. The van der Waals surface area contributed by atoms with E-state index in [0.717, 1.165) is 16.0 Å². The monoisotopic (exact) mass is 391 g/mol. The number of ether oxygens (including phenoxy) is 1. The molecule has 0 aliphatic carbocycles. The number of carbonyl (C=O) groups excluding carboxylic acids is 1. The molecule has 1 N–H and O–H groups in total. The first-order chi connectivity index (χ1) is 12.9. The van der Waals surface area contributed by atoms with Gasteiger partial charge in [0.2, 0.25) is 0 Å².